The average Bonchev–Trinajstić information content (AvgIpc) is 0.722. The third-order valence-electron chi connectivity index (χ3n) is 28.1. The fraction of sp³-hybridized carbons (Fsp3) is 0.418. The highest BCUT2D eigenvalue weighted by atomic mass is 15.2. The van der Waals surface area contributed by atoms with Crippen molar-refractivity contribution < 1.29 is 24.7 Å². The van der Waals surface area contributed by atoms with Crippen molar-refractivity contribution in [2.45, 2.75) is 367 Å². The van der Waals surface area contributed by atoms with E-state index in [0.717, 1.165) is 66.3 Å². The molecule has 718 valence electrons. The Balaban J connectivity index is 1.33. The van der Waals surface area contributed by atoms with Gasteiger partial charge in [-0.2, -0.15) is 0 Å². The molecule has 0 fully saturated rings. The Morgan fingerprint density at radius 3 is 0.920 bits per heavy atom. The maximum absolute atomic E-state index is 12.1. The Morgan fingerprint density at radius 1 is 0.217 bits per heavy atom. The Labute approximate surface area is 860 Å². The van der Waals surface area contributed by atoms with Gasteiger partial charge in [0.1, 0.15) is 0 Å². The van der Waals surface area contributed by atoms with Crippen LogP contribution in [-0.4, -0.2) is 11.3 Å². The van der Waals surface area contributed by atoms with Crippen molar-refractivity contribution in [2.75, 3.05) is 9.80 Å². The molecule has 16 rings (SSSR count). The van der Waals surface area contributed by atoms with Crippen LogP contribution in [0.15, 0.2) is 230 Å². The van der Waals surface area contributed by atoms with E-state index in [2.05, 4.69) is 255 Å². The zero-order chi connectivity index (χ0) is 117. The summed E-state index contributed by atoms with van der Waals surface area (Å²) in [4.78, 5) is 4.12. The van der Waals surface area contributed by atoms with Gasteiger partial charge >= 0.3 is 0 Å². The van der Waals surface area contributed by atoms with Crippen molar-refractivity contribution in [1.82, 2.24) is 4.57 Å². The quantitative estimate of drug-likeness (QED) is 0.133. The fourth-order valence-corrected chi connectivity index (χ4v) is 19.4. The first-order valence-corrected chi connectivity index (χ1v) is 50.2. The van der Waals surface area contributed by atoms with Crippen LogP contribution in [0.5, 0.6) is 0 Å². The summed E-state index contributed by atoms with van der Waals surface area (Å²) in [6.07, 6.45) is 0. The van der Waals surface area contributed by atoms with E-state index in [1.54, 1.807) is 0 Å². The van der Waals surface area contributed by atoms with E-state index >= 15 is 0 Å². The standard InChI is InChI=1S/C134H164BN3/c1-121(2,3)87-51-46-81(47-52-87)100-75-96(130(28,29)30)77-104(99-59-55-91(125(13,14)15)79-108(99)134(40,41)42)119(100)138-114-80-98(136-111-62-56-89(123(7,8)9)73-102(111)103-74-90(124(10,11)12)57-63-112(103)136)58-61-110(114)135-109-60-50-83(84-64-92(126(16,17)18)71-93(65-84)127(19,20)21)68-113(109)137(115-69-86(70-116(138)118(115)135)85-66-94(128(22,23)24)72-95(67-85)129(25,26)27)120-101(82-48-53-88(54-49-82)122(4,5)6)76-97(131(31,32)33)78-105(120)117-106(132(34,35)36)44-43-45-107(117)133(37,38)39/h43-80H,1-42H3/i43D,44D,45D,46D,47D,48D,49D,51D,52D,53D,54D,55D,59D,75D,76D,77D,78D,79D. The topological polar surface area (TPSA) is 11.4 Å². The summed E-state index contributed by atoms with van der Waals surface area (Å²) < 4.78 is 203. The van der Waals surface area contributed by atoms with Crippen LogP contribution in [0.1, 0.15) is 393 Å². The van der Waals surface area contributed by atoms with E-state index in [0.29, 0.717) is 56.0 Å². The SMILES string of the molecule is [2H]c1c([2H])c(C(C)(C)C)c(-c2c([2H])c(C(C)(C)C)c([2H])c(-c3c([2H])c([2H])c(C(C)(C)C)c([2H])c3[2H])c2N2c3cc(-c4cc(C(C)(C)C)cc(C(C)(C)C)c4)ccc3B3c4ccc(-n5c6ccc(C(C)(C)C)cc6c6cc(C(C)(C)C)ccc65)cc4N(c4c(-c5c([2H])c([2H])c(C(C)(C)C)c([2H])c5[2H])c([2H])c(C(C)(C)C)c([2H])c4-c4c([2H])c([2H])c(C(C)(C)C)c([2H])c4C(C)(C)C)c4cc(-c5cc(C(C)(C)C)cc(C(C)(C)C)c5)cc2c43)c(C(C)(C)C)c1[2H]. The predicted octanol–water partition coefficient (Wildman–Crippen LogP) is 37.0. The molecule has 3 nitrogen and oxygen atoms in total. The highest BCUT2D eigenvalue weighted by Gasteiger charge is 2.48. The summed E-state index contributed by atoms with van der Waals surface area (Å²) in [6.45, 7) is 84.5. The number of anilines is 6. The van der Waals surface area contributed by atoms with Crippen LogP contribution in [0.2, 0.25) is 0 Å². The summed E-state index contributed by atoms with van der Waals surface area (Å²) in [5, 5.41) is 1.97. The van der Waals surface area contributed by atoms with Crippen molar-refractivity contribution in [1.29, 1.82) is 0 Å². The van der Waals surface area contributed by atoms with Gasteiger partial charge in [-0.1, -0.05) is 442 Å². The summed E-state index contributed by atoms with van der Waals surface area (Å²) in [5.41, 5.74) is 3.99. The summed E-state index contributed by atoms with van der Waals surface area (Å²) in [5.74, 6) is 0. The van der Waals surface area contributed by atoms with Crippen LogP contribution >= 0.6 is 0 Å². The molecule has 0 saturated carbocycles. The second kappa shape index (κ2) is 33.5. The first-order valence-electron chi connectivity index (χ1n) is 59.2. The molecule has 0 atom stereocenters. The number of aromatic nitrogens is 1. The second-order valence-corrected chi connectivity index (χ2v) is 54.4. The molecule has 4 heteroatoms. The molecule has 14 aromatic rings. The summed E-state index contributed by atoms with van der Waals surface area (Å²) in [7, 11) is 0. The van der Waals surface area contributed by atoms with Gasteiger partial charge in [0.2, 0.25) is 0 Å². The molecule has 0 unspecified atom stereocenters. The lowest BCUT2D eigenvalue weighted by molar-refractivity contribution is 0.568. The van der Waals surface area contributed by atoms with Crippen LogP contribution in [0.3, 0.4) is 0 Å². The lowest BCUT2D eigenvalue weighted by Gasteiger charge is -2.46. The van der Waals surface area contributed by atoms with Crippen molar-refractivity contribution in [3.8, 4) is 72.4 Å². The third-order valence-corrected chi connectivity index (χ3v) is 28.1. The minimum absolute atomic E-state index is 0.00480. The van der Waals surface area contributed by atoms with E-state index < -0.39 is 95.9 Å². The highest BCUT2D eigenvalue weighted by Crippen LogP contribution is 2.59. The zero-order valence-electron chi connectivity index (χ0n) is 109. The zero-order valence-corrected chi connectivity index (χ0v) is 91.5. The predicted molar refractivity (Wildman–Crippen MR) is 609 cm³/mol. The van der Waals surface area contributed by atoms with Gasteiger partial charge in [0.05, 0.1) is 47.1 Å². The van der Waals surface area contributed by atoms with Crippen molar-refractivity contribution in [3.05, 3.63) is 308 Å². The molecule has 138 heavy (non-hydrogen) atoms. The van der Waals surface area contributed by atoms with Gasteiger partial charge in [-0.25, -0.2) is 0 Å². The number of hydrogen-bond donors (Lipinski definition) is 0. The number of hydrogen-bond acceptors (Lipinski definition) is 2. The number of benzene rings is 13. The minimum Gasteiger partial charge on any atom is -0.310 e. The molecule has 13 aromatic carbocycles. The Kier molecular flexibility index (Phi) is 19.2. The molecule has 0 N–H and O–H groups in total. The van der Waals surface area contributed by atoms with Crippen molar-refractivity contribution in [2.24, 2.45) is 0 Å². The van der Waals surface area contributed by atoms with Crippen LogP contribution < -0.4 is 26.2 Å². The molecule has 2 aliphatic rings. The molecule has 0 spiro atoms. The largest absolute Gasteiger partial charge is 0.310 e. The molecule has 2 aliphatic heterocycles. The van der Waals surface area contributed by atoms with Gasteiger partial charge in [-0.15, -0.1) is 0 Å². The molecular weight excluding hydrogens is 1660 g/mol. The molecule has 0 amide bonds. The minimum atomic E-state index is -1.23. The van der Waals surface area contributed by atoms with Crippen molar-refractivity contribution >= 4 is 79.0 Å². The third kappa shape index (κ3) is 18.9. The maximum Gasteiger partial charge on any atom is 0.252 e. The van der Waals surface area contributed by atoms with Gasteiger partial charge < -0.3 is 14.4 Å². The Bertz CT molecular complexity index is 8090. The van der Waals surface area contributed by atoms with Gasteiger partial charge in [-0.05, 0) is 293 Å². The molecule has 0 aliphatic carbocycles. The van der Waals surface area contributed by atoms with Crippen LogP contribution in [0.4, 0.5) is 34.1 Å². The van der Waals surface area contributed by atoms with Crippen LogP contribution in [0.25, 0.3) is 94.3 Å². The number of rotatable bonds is 9. The normalized spacial score (nSPS) is 15.9. The van der Waals surface area contributed by atoms with Gasteiger partial charge in [0, 0.05) is 61.5 Å². The molecule has 3 heterocycles. The smallest absolute Gasteiger partial charge is 0.252 e. The van der Waals surface area contributed by atoms with E-state index in [9.17, 15) is 24.7 Å². The van der Waals surface area contributed by atoms with Crippen LogP contribution in [-0.2, 0) is 75.8 Å². The molecule has 1 aromatic heterocycles. The second-order valence-electron chi connectivity index (χ2n) is 54.4. The van der Waals surface area contributed by atoms with Gasteiger partial charge in [0.25, 0.3) is 6.71 Å². The first kappa shape index (κ1) is 79.0. The summed E-state index contributed by atoms with van der Waals surface area (Å²) in [6, 6.07) is 37.8. The van der Waals surface area contributed by atoms with Crippen LogP contribution in [0, 0.1) is 0 Å². The van der Waals surface area contributed by atoms with E-state index in [-0.39, 0.29) is 196 Å². The number of fused-ring (bicyclic) bond motifs is 7. The van der Waals surface area contributed by atoms with E-state index in [1.807, 2.05) is 171 Å². The molecule has 0 saturated heterocycles. The maximum atomic E-state index is 12.1. The van der Waals surface area contributed by atoms with Gasteiger partial charge in [0.15, 0.2) is 0 Å². The molecular formula is C134H164BN3. The molecule has 0 bridgehead atoms. The highest BCUT2D eigenvalue weighted by molar-refractivity contribution is 7.00. The average molecular weight is 1850 g/mol. The van der Waals surface area contributed by atoms with Crippen molar-refractivity contribution in [3.63, 3.8) is 0 Å². The van der Waals surface area contributed by atoms with Gasteiger partial charge in [-0.3, -0.25) is 0 Å². The summed E-state index contributed by atoms with van der Waals surface area (Å²) >= 11 is 0. The fourth-order valence-electron chi connectivity index (χ4n) is 19.4. The Hall–Kier alpha value is -10.7. The number of nitrogens with zero attached hydrogens (tertiary/aromatic N) is 3. The first-order chi connectivity index (χ1) is 70.8. The van der Waals surface area contributed by atoms with E-state index in [4.69, 9.17) is 0 Å². The monoisotopic (exact) mass is 1840 g/mol. The lowest BCUT2D eigenvalue weighted by Crippen LogP contribution is -2.61. The van der Waals surface area contributed by atoms with E-state index in [1.165, 1.54) is 0 Å². The molecule has 0 radical (unpaired) electrons. The lowest BCUT2D eigenvalue weighted by atomic mass is 9.33. The Morgan fingerprint density at radius 2 is 0.543 bits per heavy atom.